The molecule has 19 heavy (non-hydrogen) atoms. The topological polar surface area (TPSA) is 68.4 Å². The van der Waals surface area contributed by atoms with Gasteiger partial charge in [-0.1, -0.05) is 6.92 Å². The highest BCUT2D eigenvalue weighted by atomic mass is 16.2. The van der Waals surface area contributed by atoms with Crippen molar-refractivity contribution in [3.8, 4) is 0 Å². The molecule has 2 unspecified atom stereocenters. The molecule has 0 bridgehead atoms. The molecule has 2 aromatic heterocycles. The highest BCUT2D eigenvalue weighted by molar-refractivity contribution is 5.80. The molecule has 2 aromatic rings. The standard InChI is InChI=1S/C13H18N4O2/c1-4-9(2)15-12(18)10(3)17-13(19)11-6-5-7-16(11)8-14-17/h5-10H,4H2,1-3H3,(H,15,18). The Morgan fingerprint density at radius 3 is 2.89 bits per heavy atom. The van der Waals surface area contributed by atoms with Gasteiger partial charge < -0.3 is 9.72 Å². The van der Waals surface area contributed by atoms with E-state index < -0.39 is 6.04 Å². The van der Waals surface area contributed by atoms with Crippen molar-refractivity contribution in [3.05, 3.63) is 35.0 Å². The van der Waals surface area contributed by atoms with Crippen LogP contribution in [-0.2, 0) is 4.79 Å². The number of fused-ring (bicyclic) bond motifs is 1. The predicted molar refractivity (Wildman–Crippen MR) is 72.1 cm³/mol. The molecular formula is C13H18N4O2. The Labute approximate surface area is 111 Å². The van der Waals surface area contributed by atoms with Gasteiger partial charge in [-0.2, -0.15) is 5.10 Å². The van der Waals surface area contributed by atoms with Gasteiger partial charge in [0, 0.05) is 12.2 Å². The highest BCUT2D eigenvalue weighted by Crippen LogP contribution is 2.04. The number of amides is 1. The van der Waals surface area contributed by atoms with E-state index in [0.717, 1.165) is 6.42 Å². The molecule has 0 spiro atoms. The van der Waals surface area contributed by atoms with Crippen LogP contribution in [0.3, 0.4) is 0 Å². The van der Waals surface area contributed by atoms with Crippen LogP contribution in [0.25, 0.3) is 5.52 Å². The van der Waals surface area contributed by atoms with Gasteiger partial charge in [-0.05, 0) is 32.4 Å². The fourth-order valence-corrected chi connectivity index (χ4v) is 1.81. The maximum atomic E-state index is 12.2. The molecular weight excluding hydrogens is 244 g/mol. The van der Waals surface area contributed by atoms with Gasteiger partial charge in [0.25, 0.3) is 5.56 Å². The van der Waals surface area contributed by atoms with E-state index in [4.69, 9.17) is 0 Å². The van der Waals surface area contributed by atoms with Crippen LogP contribution < -0.4 is 10.9 Å². The molecule has 0 aliphatic carbocycles. The van der Waals surface area contributed by atoms with Crippen molar-refractivity contribution < 1.29 is 4.79 Å². The second-order valence-electron chi connectivity index (χ2n) is 4.68. The van der Waals surface area contributed by atoms with E-state index in [1.165, 1.54) is 11.0 Å². The van der Waals surface area contributed by atoms with E-state index in [-0.39, 0.29) is 17.5 Å². The van der Waals surface area contributed by atoms with Crippen molar-refractivity contribution in [1.82, 2.24) is 19.5 Å². The van der Waals surface area contributed by atoms with Gasteiger partial charge in [0.2, 0.25) is 5.91 Å². The Kier molecular flexibility index (Phi) is 3.69. The molecule has 0 fully saturated rings. The minimum Gasteiger partial charge on any atom is -0.352 e. The summed E-state index contributed by atoms with van der Waals surface area (Å²) in [6.45, 7) is 5.59. The van der Waals surface area contributed by atoms with Crippen LogP contribution in [0.15, 0.2) is 29.5 Å². The summed E-state index contributed by atoms with van der Waals surface area (Å²) in [5.74, 6) is -0.195. The summed E-state index contributed by atoms with van der Waals surface area (Å²) in [5, 5.41) is 6.89. The minimum atomic E-state index is -0.624. The smallest absolute Gasteiger partial charge is 0.291 e. The molecule has 0 aliphatic heterocycles. The number of carbonyl (C=O) groups is 1. The molecule has 0 aliphatic rings. The first-order valence-corrected chi connectivity index (χ1v) is 6.39. The molecule has 0 saturated heterocycles. The van der Waals surface area contributed by atoms with Crippen molar-refractivity contribution in [2.24, 2.45) is 0 Å². The average molecular weight is 262 g/mol. The predicted octanol–water partition coefficient (Wildman–Crippen LogP) is 0.972. The van der Waals surface area contributed by atoms with Gasteiger partial charge in [-0.15, -0.1) is 0 Å². The van der Waals surface area contributed by atoms with Crippen molar-refractivity contribution in [1.29, 1.82) is 0 Å². The zero-order valence-corrected chi connectivity index (χ0v) is 11.3. The highest BCUT2D eigenvalue weighted by Gasteiger charge is 2.19. The van der Waals surface area contributed by atoms with Crippen LogP contribution in [0.5, 0.6) is 0 Å². The van der Waals surface area contributed by atoms with Gasteiger partial charge in [0.1, 0.15) is 17.9 Å². The first-order valence-electron chi connectivity index (χ1n) is 6.39. The maximum Gasteiger partial charge on any atom is 0.291 e. The SMILES string of the molecule is CCC(C)NC(=O)C(C)n1ncn2cccc2c1=O. The van der Waals surface area contributed by atoms with Gasteiger partial charge in [-0.3, -0.25) is 9.59 Å². The third-order valence-corrected chi connectivity index (χ3v) is 3.25. The average Bonchev–Trinajstić information content (AvgIpc) is 2.87. The molecule has 2 heterocycles. The number of carbonyl (C=O) groups excluding carboxylic acids is 1. The van der Waals surface area contributed by atoms with Crippen LogP contribution >= 0.6 is 0 Å². The second-order valence-corrected chi connectivity index (χ2v) is 4.68. The molecule has 0 aromatic carbocycles. The fourth-order valence-electron chi connectivity index (χ4n) is 1.81. The van der Waals surface area contributed by atoms with Crippen LogP contribution in [0.2, 0.25) is 0 Å². The molecule has 6 heteroatoms. The summed E-state index contributed by atoms with van der Waals surface area (Å²) in [5.41, 5.74) is 0.248. The quantitative estimate of drug-likeness (QED) is 0.892. The second kappa shape index (κ2) is 5.26. The Hall–Kier alpha value is -2.11. The van der Waals surface area contributed by atoms with Crippen LogP contribution in [0.1, 0.15) is 33.2 Å². The maximum absolute atomic E-state index is 12.2. The summed E-state index contributed by atoms with van der Waals surface area (Å²) in [4.78, 5) is 24.2. The molecule has 2 atom stereocenters. The third kappa shape index (κ3) is 2.52. The lowest BCUT2D eigenvalue weighted by Gasteiger charge is -2.17. The Morgan fingerprint density at radius 1 is 1.47 bits per heavy atom. The Balaban J connectivity index is 2.31. The molecule has 2 rings (SSSR count). The number of nitrogens with one attached hydrogen (secondary N) is 1. The molecule has 1 N–H and O–H groups in total. The lowest BCUT2D eigenvalue weighted by Crippen LogP contribution is -2.40. The van der Waals surface area contributed by atoms with Crippen molar-refractivity contribution in [2.75, 3.05) is 0 Å². The van der Waals surface area contributed by atoms with Crippen LogP contribution in [-0.4, -0.2) is 26.1 Å². The summed E-state index contributed by atoms with van der Waals surface area (Å²) >= 11 is 0. The number of rotatable bonds is 4. The Morgan fingerprint density at radius 2 is 2.21 bits per heavy atom. The molecule has 1 amide bonds. The zero-order valence-electron chi connectivity index (χ0n) is 11.3. The number of hydrogen-bond donors (Lipinski definition) is 1. The first-order chi connectivity index (χ1) is 9.04. The van der Waals surface area contributed by atoms with Crippen molar-refractivity contribution >= 4 is 11.4 Å². The van der Waals surface area contributed by atoms with Crippen LogP contribution in [0, 0.1) is 0 Å². The van der Waals surface area contributed by atoms with Gasteiger partial charge in [0.05, 0.1) is 0 Å². The lowest BCUT2D eigenvalue weighted by atomic mass is 10.2. The molecule has 0 radical (unpaired) electrons. The van der Waals surface area contributed by atoms with E-state index >= 15 is 0 Å². The normalized spacial score (nSPS) is 14.3. The number of nitrogens with zero attached hydrogens (tertiary/aromatic N) is 3. The van der Waals surface area contributed by atoms with Crippen LogP contribution in [0.4, 0.5) is 0 Å². The minimum absolute atomic E-state index is 0.0858. The molecule has 6 nitrogen and oxygen atoms in total. The van der Waals surface area contributed by atoms with E-state index in [0.29, 0.717) is 5.52 Å². The van der Waals surface area contributed by atoms with E-state index in [2.05, 4.69) is 10.4 Å². The summed E-state index contributed by atoms with van der Waals surface area (Å²) in [7, 11) is 0. The van der Waals surface area contributed by atoms with Gasteiger partial charge in [-0.25, -0.2) is 4.68 Å². The number of hydrogen-bond acceptors (Lipinski definition) is 3. The first kappa shape index (κ1) is 13.3. The Bertz CT molecular complexity index is 643. The summed E-state index contributed by atoms with van der Waals surface area (Å²) in [6.07, 6.45) is 4.13. The third-order valence-electron chi connectivity index (χ3n) is 3.25. The molecule has 0 saturated carbocycles. The van der Waals surface area contributed by atoms with Crippen molar-refractivity contribution in [3.63, 3.8) is 0 Å². The van der Waals surface area contributed by atoms with Gasteiger partial charge in [0.15, 0.2) is 0 Å². The summed E-state index contributed by atoms with van der Waals surface area (Å²) < 4.78 is 2.85. The van der Waals surface area contributed by atoms with Gasteiger partial charge >= 0.3 is 0 Å². The van der Waals surface area contributed by atoms with E-state index in [1.807, 2.05) is 13.8 Å². The lowest BCUT2D eigenvalue weighted by molar-refractivity contribution is -0.124. The van der Waals surface area contributed by atoms with Crippen molar-refractivity contribution in [2.45, 2.75) is 39.3 Å². The van der Waals surface area contributed by atoms with E-state index in [9.17, 15) is 9.59 Å². The molecule has 102 valence electrons. The summed E-state index contributed by atoms with van der Waals surface area (Å²) in [6, 6.07) is 2.94. The van der Waals surface area contributed by atoms with E-state index in [1.54, 1.807) is 29.7 Å². The zero-order chi connectivity index (χ0) is 14.0. The largest absolute Gasteiger partial charge is 0.352 e. The fraction of sp³-hybridized carbons (Fsp3) is 0.462. The monoisotopic (exact) mass is 262 g/mol. The number of aromatic nitrogens is 3.